The van der Waals surface area contributed by atoms with Crippen molar-refractivity contribution >= 4 is 34.9 Å². The zero-order valence-electron chi connectivity index (χ0n) is 19.4. The van der Waals surface area contributed by atoms with Crippen molar-refractivity contribution in [3.63, 3.8) is 0 Å². The zero-order chi connectivity index (χ0) is 25.1. The van der Waals surface area contributed by atoms with Crippen LogP contribution in [0.2, 0.25) is 10.0 Å². The molecule has 186 valence electrons. The quantitative estimate of drug-likeness (QED) is 0.443. The lowest BCUT2D eigenvalue weighted by molar-refractivity contribution is -0.136. The van der Waals surface area contributed by atoms with Gasteiger partial charge < -0.3 is 20.1 Å². The summed E-state index contributed by atoms with van der Waals surface area (Å²) in [5.74, 6) is -0.0702. The van der Waals surface area contributed by atoms with E-state index < -0.39 is 11.9 Å². The molecule has 1 amide bonds. The van der Waals surface area contributed by atoms with Crippen LogP contribution in [0.3, 0.4) is 0 Å². The van der Waals surface area contributed by atoms with Crippen LogP contribution in [0.15, 0.2) is 36.8 Å². The highest BCUT2D eigenvalue weighted by Crippen LogP contribution is 2.37. The fraction of sp³-hybridized carbons (Fsp3) is 0.375. The van der Waals surface area contributed by atoms with Gasteiger partial charge in [0.25, 0.3) is 0 Å². The number of amides is 1. The number of nitrogens with zero attached hydrogens (tertiary/aromatic N) is 4. The molecule has 0 saturated carbocycles. The second-order valence-electron chi connectivity index (χ2n) is 8.38. The number of carbonyl (C=O) groups excluding carboxylic acids is 1. The molecule has 0 spiro atoms. The summed E-state index contributed by atoms with van der Waals surface area (Å²) < 4.78 is 26.8. The van der Waals surface area contributed by atoms with E-state index in [1.807, 2.05) is 15.8 Å². The molecule has 1 aliphatic rings. The van der Waals surface area contributed by atoms with E-state index in [-0.39, 0.29) is 29.4 Å². The lowest BCUT2D eigenvalue weighted by atomic mass is 10.1. The Morgan fingerprint density at radius 3 is 2.71 bits per heavy atom. The minimum Gasteiger partial charge on any atom is -0.482 e. The second kappa shape index (κ2) is 10.8. The monoisotopic (exact) mass is 521 g/mol. The highest BCUT2D eigenvalue weighted by molar-refractivity contribution is 6.36. The van der Waals surface area contributed by atoms with Crippen LogP contribution in [-0.2, 0) is 9.53 Å². The summed E-state index contributed by atoms with van der Waals surface area (Å²) in [6.07, 6.45) is 6.28. The molecule has 0 aliphatic carbocycles. The summed E-state index contributed by atoms with van der Waals surface area (Å²) in [6, 6.07) is 4.58. The maximum Gasteiger partial charge on any atom is 0.248 e. The summed E-state index contributed by atoms with van der Waals surface area (Å²) in [5.41, 5.74) is 7.98. The maximum atomic E-state index is 14.0. The fourth-order valence-corrected chi connectivity index (χ4v) is 4.83. The third-order valence-electron chi connectivity index (χ3n) is 6.07. The van der Waals surface area contributed by atoms with Crippen molar-refractivity contribution in [3.05, 3.63) is 58.2 Å². The van der Waals surface area contributed by atoms with Gasteiger partial charge in [-0.2, -0.15) is 5.10 Å². The Balaban J connectivity index is 1.48. The van der Waals surface area contributed by atoms with Crippen LogP contribution < -0.4 is 10.5 Å². The summed E-state index contributed by atoms with van der Waals surface area (Å²) in [7, 11) is 1.52. The number of carbonyl (C=O) groups is 1. The van der Waals surface area contributed by atoms with E-state index >= 15 is 0 Å². The molecule has 1 saturated heterocycles. The van der Waals surface area contributed by atoms with Crippen molar-refractivity contribution in [2.75, 3.05) is 32.5 Å². The van der Waals surface area contributed by atoms with Crippen LogP contribution in [0.4, 0.5) is 10.2 Å². The average molecular weight is 522 g/mol. The van der Waals surface area contributed by atoms with Gasteiger partial charge in [-0.05, 0) is 38.0 Å². The van der Waals surface area contributed by atoms with E-state index in [0.717, 1.165) is 24.0 Å². The van der Waals surface area contributed by atoms with Crippen molar-refractivity contribution in [1.29, 1.82) is 0 Å². The van der Waals surface area contributed by atoms with E-state index in [0.29, 0.717) is 29.4 Å². The Labute approximate surface area is 212 Å². The van der Waals surface area contributed by atoms with E-state index in [4.69, 9.17) is 38.4 Å². The molecule has 2 N–H and O–H groups in total. The maximum absolute atomic E-state index is 14.0. The number of benzene rings is 1. The molecule has 1 aliphatic heterocycles. The van der Waals surface area contributed by atoms with Crippen molar-refractivity contribution in [1.82, 2.24) is 19.7 Å². The summed E-state index contributed by atoms with van der Waals surface area (Å²) >= 11 is 12.4. The number of hydrogen-bond donors (Lipinski definition) is 1. The largest absolute Gasteiger partial charge is 0.482 e. The van der Waals surface area contributed by atoms with Gasteiger partial charge in [0.2, 0.25) is 5.91 Å². The van der Waals surface area contributed by atoms with Crippen LogP contribution >= 0.6 is 23.2 Å². The van der Waals surface area contributed by atoms with Gasteiger partial charge >= 0.3 is 0 Å². The smallest absolute Gasteiger partial charge is 0.248 e. The first kappa shape index (κ1) is 25.2. The average Bonchev–Trinajstić information content (AvgIpc) is 3.34. The second-order valence-corrected chi connectivity index (χ2v) is 9.16. The van der Waals surface area contributed by atoms with Crippen molar-refractivity contribution in [3.8, 4) is 16.9 Å². The molecule has 1 aromatic carbocycles. The van der Waals surface area contributed by atoms with Gasteiger partial charge in [-0.15, -0.1) is 0 Å². The first-order valence-corrected chi connectivity index (χ1v) is 11.9. The molecular weight excluding hydrogens is 496 g/mol. The van der Waals surface area contributed by atoms with Crippen molar-refractivity contribution in [2.45, 2.75) is 31.9 Å². The topological polar surface area (TPSA) is 95.5 Å². The van der Waals surface area contributed by atoms with Gasteiger partial charge in [-0.25, -0.2) is 9.37 Å². The number of nitrogen functional groups attached to an aromatic ring is 1. The molecule has 2 aromatic heterocycles. The van der Waals surface area contributed by atoms with Gasteiger partial charge in [0.1, 0.15) is 18.5 Å². The molecule has 11 heteroatoms. The number of methoxy groups -OCH3 is 1. The normalized spacial score (nSPS) is 15.3. The Bertz CT molecular complexity index is 1210. The molecule has 35 heavy (non-hydrogen) atoms. The standard InChI is InChI=1S/C24H26Cl2FN5O3/c1-14(22-18(25)3-4-19(27)23(22)26)35-20-9-15(10-29-24(20)28)16-11-30-32(12-16)17-5-7-31(8-6-17)21(33)13-34-2/h3-4,9-12,14,17H,5-8,13H2,1-2H3,(H2,28,29). The van der Waals surface area contributed by atoms with E-state index in [2.05, 4.69) is 10.1 Å². The Morgan fingerprint density at radius 2 is 2.00 bits per heavy atom. The molecule has 3 aromatic rings. The molecule has 1 unspecified atom stereocenters. The number of aromatic nitrogens is 3. The highest BCUT2D eigenvalue weighted by atomic mass is 35.5. The minimum absolute atomic E-state index is 0.00243. The molecule has 8 nitrogen and oxygen atoms in total. The number of piperidine rings is 1. The molecule has 0 bridgehead atoms. The molecule has 0 radical (unpaired) electrons. The van der Waals surface area contributed by atoms with Gasteiger partial charge in [-0.3, -0.25) is 9.48 Å². The molecule has 3 heterocycles. The molecule has 1 atom stereocenters. The number of pyridine rings is 1. The van der Waals surface area contributed by atoms with Gasteiger partial charge in [0.05, 0.1) is 17.3 Å². The Hall–Kier alpha value is -2.88. The van der Waals surface area contributed by atoms with Crippen LogP contribution in [0, 0.1) is 5.82 Å². The Morgan fingerprint density at radius 1 is 1.26 bits per heavy atom. The lowest BCUT2D eigenvalue weighted by Gasteiger charge is -2.32. The number of likely N-dealkylation sites (tertiary alicyclic amines) is 1. The van der Waals surface area contributed by atoms with Crippen LogP contribution in [0.5, 0.6) is 5.75 Å². The third kappa shape index (κ3) is 5.52. The van der Waals surface area contributed by atoms with Gasteiger partial charge in [0, 0.05) is 54.3 Å². The molecule has 1 fully saturated rings. The summed E-state index contributed by atoms with van der Waals surface area (Å²) in [4.78, 5) is 18.1. The first-order chi connectivity index (χ1) is 16.8. The summed E-state index contributed by atoms with van der Waals surface area (Å²) in [5, 5.41) is 4.73. The number of anilines is 1. The third-order valence-corrected chi connectivity index (χ3v) is 6.78. The molecule has 4 rings (SSSR count). The van der Waals surface area contributed by atoms with E-state index in [9.17, 15) is 9.18 Å². The predicted octanol–water partition coefficient (Wildman–Crippen LogP) is 4.92. The zero-order valence-corrected chi connectivity index (χ0v) is 20.9. The first-order valence-electron chi connectivity index (χ1n) is 11.1. The SMILES string of the molecule is COCC(=O)N1CCC(n2cc(-c3cnc(N)c(OC(C)c4c(Cl)ccc(F)c4Cl)c3)cn2)CC1. The highest BCUT2D eigenvalue weighted by Gasteiger charge is 2.25. The van der Waals surface area contributed by atoms with Gasteiger partial charge in [-0.1, -0.05) is 23.2 Å². The Kier molecular flexibility index (Phi) is 7.78. The van der Waals surface area contributed by atoms with Crippen LogP contribution in [-0.4, -0.2) is 52.4 Å². The lowest BCUT2D eigenvalue weighted by Crippen LogP contribution is -2.40. The number of nitrogens with two attached hydrogens (primary N) is 1. The minimum atomic E-state index is -0.668. The fourth-order valence-electron chi connectivity index (χ4n) is 4.15. The number of rotatable bonds is 7. The number of ether oxygens (including phenoxy) is 2. The number of hydrogen-bond acceptors (Lipinski definition) is 6. The summed E-state index contributed by atoms with van der Waals surface area (Å²) in [6.45, 7) is 3.13. The van der Waals surface area contributed by atoms with Gasteiger partial charge in [0.15, 0.2) is 11.6 Å². The predicted molar refractivity (Wildman–Crippen MR) is 132 cm³/mol. The van der Waals surface area contributed by atoms with Crippen molar-refractivity contribution in [2.24, 2.45) is 0 Å². The number of halogens is 3. The van der Waals surface area contributed by atoms with Crippen molar-refractivity contribution < 1.29 is 18.7 Å². The molecular formula is C24H26Cl2FN5O3. The van der Waals surface area contributed by atoms with E-state index in [1.54, 1.807) is 25.4 Å². The van der Waals surface area contributed by atoms with E-state index in [1.165, 1.54) is 19.2 Å². The van der Waals surface area contributed by atoms with Crippen LogP contribution in [0.25, 0.3) is 11.1 Å². The van der Waals surface area contributed by atoms with Crippen LogP contribution in [0.1, 0.15) is 37.5 Å².